The van der Waals surface area contributed by atoms with E-state index in [0.717, 1.165) is 41.8 Å². The van der Waals surface area contributed by atoms with Crippen LogP contribution in [0.25, 0.3) is 17.0 Å². The number of nitrogens with one attached hydrogen (secondary N) is 5. The first-order chi connectivity index (χ1) is 46.7. The molecule has 98 heavy (non-hydrogen) atoms. The van der Waals surface area contributed by atoms with Crippen molar-refractivity contribution < 1.29 is 54.7 Å². The van der Waals surface area contributed by atoms with Crippen LogP contribution in [0, 0.1) is 17.9 Å². The Morgan fingerprint density at radius 3 is 1.73 bits per heavy atom. The van der Waals surface area contributed by atoms with Gasteiger partial charge < -0.3 is 42.1 Å². The molecular weight excluding hydrogens is 1360 g/mol. The van der Waals surface area contributed by atoms with Gasteiger partial charge in [-0.25, -0.2) is 4.85 Å². The Bertz CT molecular complexity index is 4910. The number of Topliss-reactive ketones (excluding diaryl/α,β-unsaturated/α-hetero) is 2. The Morgan fingerprint density at radius 2 is 1.21 bits per heavy atom. The van der Waals surface area contributed by atoms with Gasteiger partial charge in [0, 0.05) is 70.8 Å². The largest absolute Gasteiger partial charge is 0.372 e. The highest BCUT2D eigenvalue weighted by Crippen LogP contribution is 2.44. The fourth-order valence-corrected chi connectivity index (χ4v) is 13.6. The van der Waals surface area contributed by atoms with Gasteiger partial charge in [-0.15, -0.1) is 38.0 Å². The van der Waals surface area contributed by atoms with Crippen molar-refractivity contribution in [1.82, 2.24) is 15.0 Å². The number of aromatic nitrogens is 3. The Hall–Kier alpha value is -11.2. The summed E-state index contributed by atoms with van der Waals surface area (Å²) in [5.74, 6) is -4.17. The number of rotatable bonds is 30. The molecule has 9 N–H and O–H groups in total. The third kappa shape index (κ3) is 18.6. The number of anilines is 9. The minimum Gasteiger partial charge on any atom is -0.372 e. The molecule has 3 heterocycles. The summed E-state index contributed by atoms with van der Waals surface area (Å²) >= 11 is 2.54. The zero-order valence-electron chi connectivity index (χ0n) is 52.8. The van der Waals surface area contributed by atoms with Gasteiger partial charge in [0.2, 0.25) is 29.9 Å². The van der Waals surface area contributed by atoms with Crippen LogP contribution < -0.4 is 42.1 Å². The zero-order chi connectivity index (χ0) is 71.0. The summed E-state index contributed by atoms with van der Waals surface area (Å²) in [7, 11) is -9.87. The molecule has 34 heteroatoms. The van der Waals surface area contributed by atoms with Crippen molar-refractivity contribution in [2.45, 2.75) is 62.2 Å². The monoisotopic (exact) mass is 1420 g/mol. The van der Waals surface area contributed by atoms with Crippen LogP contribution in [0.1, 0.15) is 72.8 Å². The fraction of sp³-hybridized carbons (Fsp3) is 0.172. The molecule has 0 bridgehead atoms. The Labute approximate surface area is 574 Å². The molecule has 0 saturated carbocycles. The molecule has 8 rings (SSSR count). The normalized spacial score (nSPS) is 11.8. The minimum absolute atomic E-state index is 0.0323. The quantitative estimate of drug-likeness (QED) is 0.00303. The van der Waals surface area contributed by atoms with Gasteiger partial charge in [-0.3, -0.25) is 37.9 Å². The molecule has 0 saturated heterocycles. The van der Waals surface area contributed by atoms with Gasteiger partial charge in [0.25, 0.3) is 32.1 Å². The number of nitrogens with two attached hydrogens (primary N) is 1. The summed E-state index contributed by atoms with van der Waals surface area (Å²) in [5.41, 5.74) is 7.31. The van der Waals surface area contributed by atoms with Crippen LogP contribution in [-0.4, -0.2) is 103 Å². The van der Waals surface area contributed by atoms with Gasteiger partial charge in [0.15, 0.2) is 21.7 Å². The SMILES string of the molecule is [C-]#[N+]c1cc(/C=C(\C(C)=O)C(=O)Nc2cccc(NC=O)c2)sc1/N=N/c1ccc(N(CC)CC)cc1Nc1nc(Nc2cc(N(CC)CC)ccc2/N=N/c2sc(/C=C(/C(C)=O)C(=O)Nc3cccc(C(N)=O)c3)c(S(=O)(=O)O)c2C#N)nc(SCc2cccc(S(=O)(=O)O)c2)n1. The third-order valence-electron chi connectivity index (χ3n) is 14.0. The summed E-state index contributed by atoms with van der Waals surface area (Å²) < 4.78 is 71.0. The zero-order valence-corrected chi connectivity index (χ0v) is 56.8. The lowest BCUT2D eigenvalue weighted by Crippen LogP contribution is -2.21. The first-order valence-corrected chi connectivity index (χ1v) is 34.7. The van der Waals surface area contributed by atoms with E-state index in [1.165, 1.54) is 67.6 Å². The van der Waals surface area contributed by atoms with E-state index in [1.807, 2.05) is 38.7 Å². The van der Waals surface area contributed by atoms with Gasteiger partial charge in [-0.05, 0) is 150 Å². The number of thiophene rings is 2. The molecule has 0 unspecified atom stereocenters. The van der Waals surface area contributed by atoms with E-state index < -0.39 is 70.4 Å². The Kier molecular flexibility index (Phi) is 24.0. The molecule has 0 atom stereocenters. The van der Waals surface area contributed by atoms with Crippen molar-refractivity contribution in [3.8, 4) is 6.07 Å². The molecule has 0 spiro atoms. The smallest absolute Gasteiger partial charge is 0.297 e. The van der Waals surface area contributed by atoms with Crippen molar-refractivity contribution in [2.24, 2.45) is 26.2 Å². The fourth-order valence-electron chi connectivity index (χ4n) is 9.29. The Morgan fingerprint density at radius 1 is 0.673 bits per heavy atom. The number of carbonyl (C=O) groups excluding carboxylic acids is 6. The number of ketones is 2. The molecule has 502 valence electrons. The summed E-state index contributed by atoms with van der Waals surface area (Å²) in [5, 5.41) is 42.1. The molecule has 0 radical (unpaired) electrons. The second-order valence-corrected chi connectivity index (χ2v) is 26.3. The van der Waals surface area contributed by atoms with Crippen molar-refractivity contribution in [2.75, 3.05) is 62.6 Å². The highest BCUT2D eigenvalue weighted by molar-refractivity contribution is 7.98. The van der Waals surface area contributed by atoms with E-state index in [4.69, 9.17) is 27.3 Å². The van der Waals surface area contributed by atoms with Crippen LogP contribution in [-0.2, 0) is 50.0 Å². The maximum Gasteiger partial charge on any atom is 0.297 e. The highest BCUT2D eigenvalue weighted by Gasteiger charge is 2.29. The van der Waals surface area contributed by atoms with E-state index in [2.05, 4.69) is 56.8 Å². The first kappa shape index (κ1) is 72.6. The molecule has 0 aliphatic heterocycles. The number of hydrogen-bond donors (Lipinski definition) is 8. The molecule has 0 fully saturated rings. The van der Waals surface area contributed by atoms with E-state index >= 15 is 0 Å². The van der Waals surface area contributed by atoms with Crippen molar-refractivity contribution in [3.05, 3.63) is 164 Å². The van der Waals surface area contributed by atoms with Crippen molar-refractivity contribution in [1.29, 1.82) is 5.26 Å². The van der Waals surface area contributed by atoms with Gasteiger partial charge in [0.05, 0.1) is 38.9 Å². The van der Waals surface area contributed by atoms with Crippen LogP contribution >= 0.6 is 34.4 Å². The van der Waals surface area contributed by atoms with Crippen molar-refractivity contribution in [3.63, 3.8) is 0 Å². The molecular formula is C64H59N17O12S5. The first-order valence-electron chi connectivity index (χ1n) is 29.2. The number of azo groups is 2. The second-order valence-electron chi connectivity index (χ2n) is 20.5. The van der Waals surface area contributed by atoms with Gasteiger partial charge in [-0.2, -0.15) is 42.2 Å². The summed E-state index contributed by atoms with van der Waals surface area (Å²) in [6, 6.07) is 30.8. The number of nitriles is 1. The van der Waals surface area contributed by atoms with E-state index in [9.17, 15) is 60.0 Å². The van der Waals surface area contributed by atoms with Crippen LogP contribution in [0.15, 0.2) is 162 Å². The van der Waals surface area contributed by atoms with Gasteiger partial charge in [-0.1, -0.05) is 36.0 Å². The maximum atomic E-state index is 13.6. The lowest BCUT2D eigenvalue weighted by atomic mass is 10.1. The second kappa shape index (κ2) is 32.5. The third-order valence-corrected chi connectivity index (χ3v) is 18.8. The lowest BCUT2D eigenvalue weighted by Gasteiger charge is -2.22. The highest BCUT2D eigenvalue weighted by atomic mass is 32.2. The van der Waals surface area contributed by atoms with E-state index in [0.29, 0.717) is 77.1 Å². The summed E-state index contributed by atoms with van der Waals surface area (Å²) in [4.78, 5) is 96.4. The average Bonchev–Trinajstić information content (AvgIpc) is 1.60. The number of carbonyl (C=O) groups is 6. The van der Waals surface area contributed by atoms with Crippen LogP contribution in [0.3, 0.4) is 0 Å². The maximum absolute atomic E-state index is 13.6. The molecule has 4 amide bonds. The molecule has 29 nitrogen and oxygen atoms in total. The summed E-state index contributed by atoms with van der Waals surface area (Å²) in [6.45, 7) is 20.3. The lowest BCUT2D eigenvalue weighted by molar-refractivity contribution is -0.120. The van der Waals surface area contributed by atoms with Crippen LogP contribution in [0.4, 0.5) is 78.8 Å². The number of primary amides is 1. The number of amides is 4. The molecule has 8 aromatic rings. The van der Waals surface area contributed by atoms with Gasteiger partial charge >= 0.3 is 0 Å². The number of hydrogen-bond acceptors (Lipinski definition) is 25. The Balaban J connectivity index is 1.21. The predicted octanol–water partition coefficient (Wildman–Crippen LogP) is 13.1. The van der Waals surface area contributed by atoms with E-state index in [-0.39, 0.29) is 77.3 Å². The topological polar surface area (TPSA) is 420 Å². The predicted molar refractivity (Wildman–Crippen MR) is 376 cm³/mol. The molecule has 5 aromatic carbocycles. The van der Waals surface area contributed by atoms with Crippen LogP contribution in [0.5, 0.6) is 0 Å². The minimum atomic E-state index is -5.28. The van der Waals surface area contributed by atoms with E-state index in [1.54, 1.807) is 60.7 Å². The van der Waals surface area contributed by atoms with Crippen LogP contribution in [0.2, 0.25) is 0 Å². The average molecular weight is 1420 g/mol. The number of benzene rings is 5. The molecule has 0 aliphatic carbocycles. The molecule has 0 aliphatic rings. The summed E-state index contributed by atoms with van der Waals surface area (Å²) in [6.07, 6.45) is 2.68. The number of thioether (sulfide) groups is 1. The standard InChI is InChI=1S/C64H59N17O12S5/c1-8-80(9-2)43-21-23-50(76-78-60-49(33-65)56(98(91,92)93)55(96-60)32-48(37(6)84)59(87)69-41-18-13-16-39(26-41)57(66)85)52(28-43)71-62-73-63(75-64(74-62)94-34-38-15-12-20-46(25-38)97(88,89)90)72-53-29-44(81(10-3)11-4)22-24-51(53)77-79-61-54(67-7)31-45(95-61)30-47(36(5)83)58(86)70-42-19-14-17-40(27-42)68-35-82/h12-32,35H,8-11,34H2,1-6H3,(H2,66,85)(H,68,82)(H,69,87)(H,70,86)(H,88,89,90)(H,91,92,93)(H2,71,72,73,74,75)/b47-30+,48-32-,78-76+,79-77+. The molecule has 3 aromatic heterocycles. The number of nitrogens with zero attached hydrogens (tertiary/aromatic N) is 11. The van der Waals surface area contributed by atoms with Crippen molar-refractivity contribution >= 4 is 181 Å². The van der Waals surface area contributed by atoms with Gasteiger partial charge in [0.1, 0.15) is 32.9 Å².